The Kier molecular flexibility index (Phi) is 1.40. The third-order valence-corrected chi connectivity index (χ3v) is 2.71. The van der Waals surface area contributed by atoms with E-state index in [0.29, 0.717) is 12.1 Å². The molecule has 0 aliphatic carbocycles. The second-order valence-electron chi connectivity index (χ2n) is 3.40. The molecular weight excluding hydrogens is 144 g/mol. The van der Waals surface area contributed by atoms with Gasteiger partial charge in [0, 0.05) is 25.2 Å². The minimum atomic E-state index is -0.710. The van der Waals surface area contributed by atoms with Crippen molar-refractivity contribution in [3.8, 4) is 0 Å². The summed E-state index contributed by atoms with van der Waals surface area (Å²) in [6.45, 7) is 2.19. The number of fused-ring (bicyclic) bond motifs is 1. The number of piperazine rings is 1. The number of rotatable bonds is 2. The summed E-state index contributed by atoms with van der Waals surface area (Å²) in [5.74, 6) is -0.710. The van der Waals surface area contributed by atoms with Crippen LogP contribution in [-0.2, 0) is 4.79 Å². The largest absolute Gasteiger partial charge is 0.480 e. The van der Waals surface area contributed by atoms with E-state index in [1.165, 1.54) is 0 Å². The molecule has 0 aromatic carbocycles. The fourth-order valence-electron chi connectivity index (χ4n) is 1.92. The summed E-state index contributed by atoms with van der Waals surface area (Å²) in [6, 6.07) is 1.19. The van der Waals surface area contributed by atoms with Gasteiger partial charge in [-0.2, -0.15) is 0 Å². The third kappa shape index (κ3) is 0.937. The molecule has 2 saturated heterocycles. The van der Waals surface area contributed by atoms with Crippen LogP contribution in [-0.4, -0.2) is 59.6 Å². The maximum atomic E-state index is 10.3. The second-order valence-corrected chi connectivity index (χ2v) is 3.40. The van der Waals surface area contributed by atoms with Crippen LogP contribution in [0.5, 0.6) is 0 Å². The van der Waals surface area contributed by atoms with Crippen LogP contribution in [0.2, 0.25) is 0 Å². The first-order valence-electron chi connectivity index (χ1n) is 3.84. The first kappa shape index (κ1) is 7.06. The van der Waals surface area contributed by atoms with Crippen LogP contribution in [0.3, 0.4) is 0 Å². The highest BCUT2D eigenvalue weighted by Gasteiger charge is 2.49. The molecule has 2 aliphatic heterocycles. The molecular formula is C7H12N2O2. The lowest BCUT2D eigenvalue weighted by Gasteiger charge is -2.60. The molecule has 0 aromatic rings. The number of hydrogen-bond donors (Lipinski definition) is 1. The van der Waals surface area contributed by atoms with Gasteiger partial charge in [0.1, 0.15) is 0 Å². The molecule has 2 atom stereocenters. The van der Waals surface area contributed by atoms with E-state index in [1.54, 1.807) is 0 Å². The molecule has 2 rings (SSSR count). The van der Waals surface area contributed by atoms with Gasteiger partial charge in [0.25, 0.3) is 0 Å². The van der Waals surface area contributed by atoms with Crippen molar-refractivity contribution < 1.29 is 9.90 Å². The maximum Gasteiger partial charge on any atom is 0.317 e. The molecule has 4 nitrogen and oxygen atoms in total. The molecule has 0 aromatic heterocycles. The molecule has 4 heteroatoms. The molecule has 2 aliphatic rings. The topological polar surface area (TPSA) is 43.8 Å². The Labute approximate surface area is 65.4 Å². The lowest BCUT2D eigenvalue weighted by molar-refractivity contribution is -0.152. The number of likely N-dealkylation sites (N-methyl/N-ethyl adjacent to an activating group) is 1. The Morgan fingerprint density at radius 2 is 2.27 bits per heavy atom. The van der Waals surface area contributed by atoms with E-state index in [1.807, 2.05) is 4.90 Å². The van der Waals surface area contributed by atoms with Crippen molar-refractivity contribution in [2.75, 3.05) is 26.7 Å². The lowest BCUT2D eigenvalue weighted by atomic mass is 9.86. The summed E-state index contributed by atoms with van der Waals surface area (Å²) in [5, 5.41) is 8.49. The van der Waals surface area contributed by atoms with E-state index < -0.39 is 5.97 Å². The van der Waals surface area contributed by atoms with Gasteiger partial charge in [0.15, 0.2) is 0 Å². The fraction of sp³-hybridized carbons (Fsp3) is 0.857. The van der Waals surface area contributed by atoms with Gasteiger partial charge < -0.3 is 5.11 Å². The highest BCUT2D eigenvalue weighted by Crippen LogP contribution is 2.31. The Morgan fingerprint density at radius 1 is 1.55 bits per heavy atom. The van der Waals surface area contributed by atoms with E-state index in [0.717, 1.165) is 13.1 Å². The Balaban J connectivity index is 1.81. The van der Waals surface area contributed by atoms with Gasteiger partial charge in [-0.3, -0.25) is 14.6 Å². The molecule has 0 amide bonds. The molecule has 1 N–H and O–H groups in total. The number of hydrogen-bond acceptors (Lipinski definition) is 3. The summed E-state index contributed by atoms with van der Waals surface area (Å²) in [7, 11) is 2.08. The average molecular weight is 156 g/mol. The predicted molar refractivity (Wildman–Crippen MR) is 39.4 cm³/mol. The van der Waals surface area contributed by atoms with Crippen molar-refractivity contribution in [2.45, 2.75) is 12.1 Å². The Hall–Kier alpha value is -0.610. The van der Waals surface area contributed by atoms with Gasteiger partial charge in [-0.25, -0.2) is 0 Å². The summed E-state index contributed by atoms with van der Waals surface area (Å²) < 4.78 is 0. The quantitative estimate of drug-likeness (QED) is 0.561. The normalized spacial score (nSPS) is 37.2. The van der Waals surface area contributed by atoms with E-state index in [-0.39, 0.29) is 6.54 Å². The van der Waals surface area contributed by atoms with Crippen LogP contribution in [0.15, 0.2) is 0 Å². The molecule has 2 heterocycles. The van der Waals surface area contributed by atoms with E-state index in [4.69, 9.17) is 5.11 Å². The van der Waals surface area contributed by atoms with Crippen molar-refractivity contribution in [1.29, 1.82) is 0 Å². The molecule has 62 valence electrons. The van der Waals surface area contributed by atoms with E-state index in [9.17, 15) is 4.79 Å². The van der Waals surface area contributed by atoms with Crippen LogP contribution in [0, 0.1) is 0 Å². The van der Waals surface area contributed by atoms with Gasteiger partial charge in [0.2, 0.25) is 0 Å². The van der Waals surface area contributed by atoms with Crippen molar-refractivity contribution in [3.63, 3.8) is 0 Å². The highest BCUT2D eigenvalue weighted by atomic mass is 16.4. The van der Waals surface area contributed by atoms with Crippen molar-refractivity contribution in [3.05, 3.63) is 0 Å². The highest BCUT2D eigenvalue weighted by molar-refractivity contribution is 5.69. The number of carboxylic acid groups (broad SMARTS) is 1. The lowest BCUT2D eigenvalue weighted by Crippen LogP contribution is -2.78. The SMILES string of the molecule is CN1C[C@@H]2C1CN2CC(=O)O. The van der Waals surface area contributed by atoms with Gasteiger partial charge in [-0.1, -0.05) is 0 Å². The molecule has 0 radical (unpaired) electrons. The third-order valence-electron chi connectivity index (χ3n) is 2.71. The van der Waals surface area contributed by atoms with Crippen molar-refractivity contribution >= 4 is 5.97 Å². The minimum Gasteiger partial charge on any atom is -0.480 e. The van der Waals surface area contributed by atoms with Gasteiger partial charge in [-0.15, -0.1) is 0 Å². The summed E-state index contributed by atoms with van der Waals surface area (Å²) in [4.78, 5) is 14.6. The first-order chi connectivity index (χ1) is 5.18. The van der Waals surface area contributed by atoms with E-state index >= 15 is 0 Å². The molecule has 0 saturated carbocycles. The maximum absolute atomic E-state index is 10.3. The first-order valence-corrected chi connectivity index (χ1v) is 3.84. The zero-order valence-electron chi connectivity index (χ0n) is 6.53. The number of likely N-dealkylation sites (tertiary alicyclic amines) is 2. The smallest absolute Gasteiger partial charge is 0.317 e. The van der Waals surface area contributed by atoms with Crippen LogP contribution in [0.4, 0.5) is 0 Å². The van der Waals surface area contributed by atoms with Crippen LogP contribution >= 0.6 is 0 Å². The zero-order chi connectivity index (χ0) is 8.01. The fourth-order valence-corrected chi connectivity index (χ4v) is 1.92. The number of aliphatic carboxylic acids is 1. The predicted octanol–water partition coefficient (Wildman–Crippen LogP) is -0.931. The molecule has 1 unspecified atom stereocenters. The molecule has 0 spiro atoms. The van der Waals surface area contributed by atoms with Gasteiger partial charge in [-0.05, 0) is 7.05 Å². The number of carbonyl (C=O) groups is 1. The average Bonchev–Trinajstić information content (AvgIpc) is 1.91. The number of carboxylic acids is 1. The Bertz CT molecular complexity index is 195. The van der Waals surface area contributed by atoms with Crippen molar-refractivity contribution in [1.82, 2.24) is 9.80 Å². The molecule has 2 fully saturated rings. The van der Waals surface area contributed by atoms with Gasteiger partial charge in [0.05, 0.1) is 6.54 Å². The van der Waals surface area contributed by atoms with Crippen LogP contribution < -0.4 is 0 Å². The Morgan fingerprint density at radius 3 is 2.64 bits per heavy atom. The zero-order valence-corrected chi connectivity index (χ0v) is 6.53. The molecule has 0 bridgehead atoms. The monoisotopic (exact) mass is 156 g/mol. The minimum absolute atomic E-state index is 0.217. The van der Waals surface area contributed by atoms with Crippen LogP contribution in [0.25, 0.3) is 0 Å². The summed E-state index contributed by atoms with van der Waals surface area (Å²) >= 11 is 0. The second kappa shape index (κ2) is 2.19. The summed E-state index contributed by atoms with van der Waals surface area (Å²) in [5.41, 5.74) is 0. The molecule has 11 heavy (non-hydrogen) atoms. The summed E-state index contributed by atoms with van der Waals surface area (Å²) in [6.07, 6.45) is 0. The van der Waals surface area contributed by atoms with Crippen molar-refractivity contribution in [2.24, 2.45) is 0 Å². The van der Waals surface area contributed by atoms with Crippen LogP contribution in [0.1, 0.15) is 0 Å². The number of nitrogens with zero attached hydrogens (tertiary/aromatic N) is 2. The van der Waals surface area contributed by atoms with Gasteiger partial charge >= 0.3 is 5.97 Å². The standard InChI is InChI=1S/C7H12N2O2/c1-8-2-6-5(8)3-9(6)4-7(10)11/h5-6H,2-4H2,1H3,(H,10,11)/t5?,6-/m1/s1. The van der Waals surface area contributed by atoms with E-state index in [2.05, 4.69) is 11.9 Å².